The van der Waals surface area contributed by atoms with Crippen molar-refractivity contribution in [1.29, 1.82) is 0 Å². The number of benzene rings is 1. The van der Waals surface area contributed by atoms with E-state index in [0.717, 1.165) is 4.47 Å². The fourth-order valence-corrected chi connectivity index (χ4v) is 1.64. The van der Waals surface area contributed by atoms with Crippen LogP contribution in [0.2, 0.25) is 5.02 Å². The summed E-state index contributed by atoms with van der Waals surface area (Å²) < 4.78 is 6.40. The van der Waals surface area contributed by atoms with Crippen LogP contribution < -0.4 is 10.5 Å². The summed E-state index contributed by atoms with van der Waals surface area (Å²) in [5.41, 5.74) is 6.21. The number of ether oxygens (including phenoxy) is 1. The van der Waals surface area contributed by atoms with Gasteiger partial charge in [0.1, 0.15) is 5.75 Å². The molecule has 0 saturated heterocycles. The van der Waals surface area contributed by atoms with E-state index in [4.69, 9.17) is 22.1 Å². The van der Waals surface area contributed by atoms with Gasteiger partial charge in [-0.1, -0.05) is 27.5 Å². The van der Waals surface area contributed by atoms with Crippen LogP contribution in [0, 0.1) is 0 Å². The number of nitrogens with zero attached hydrogens (tertiary/aromatic N) is 1. The summed E-state index contributed by atoms with van der Waals surface area (Å²) in [7, 11) is 0. The standard InChI is InChI=1S/C11H8BrClN2O/c12-7-1-2-9(13)10(5-7)16-11-6-8(14)3-4-15-11/h1-6H,(H2,14,15). The minimum Gasteiger partial charge on any atom is -0.437 e. The van der Waals surface area contributed by atoms with Crippen LogP contribution >= 0.6 is 27.5 Å². The Kier molecular flexibility index (Phi) is 3.31. The van der Waals surface area contributed by atoms with Gasteiger partial charge in [0.2, 0.25) is 5.88 Å². The van der Waals surface area contributed by atoms with Crippen LogP contribution in [-0.4, -0.2) is 4.98 Å². The van der Waals surface area contributed by atoms with Gasteiger partial charge in [-0.05, 0) is 24.3 Å². The van der Waals surface area contributed by atoms with Crippen LogP contribution in [-0.2, 0) is 0 Å². The number of nitrogens with two attached hydrogens (primary N) is 1. The summed E-state index contributed by atoms with van der Waals surface area (Å²) in [6.45, 7) is 0. The van der Waals surface area contributed by atoms with Crippen molar-refractivity contribution in [2.24, 2.45) is 0 Å². The zero-order valence-corrected chi connectivity index (χ0v) is 10.5. The first-order chi connectivity index (χ1) is 7.65. The third kappa shape index (κ3) is 2.65. The van der Waals surface area contributed by atoms with Gasteiger partial charge in [-0.25, -0.2) is 4.98 Å². The maximum absolute atomic E-state index is 5.98. The zero-order chi connectivity index (χ0) is 11.5. The number of hydrogen-bond donors (Lipinski definition) is 1. The minimum atomic E-state index is 0.417. The minimum absolute atomic E-state index is 0.417. The largest absolute Gasteiger partial charge is 0.437 e. The lowest BCUT2D eigenvalue weighted by molar-refractivity contribution is 0.463. The van der Waals surface area contributed by atoms with Gasteiger partial charge in [0.25, 0.3) is 0 Å². The number of nitrogen functional groups attached to an aromatic ring is 1. The highest BCUT2D eigenvalue weighted by Crippen LogP contribution is 2.31. The molecular formula is C11H8BrClN2O. The fourth-order valence-electron chi connectivity index (χ4n) is 1.15. The highest BCUT2D eigenvalue weighted by atomic mass is 79.9. The molecule has 3 nitrogen and oxygen atoms in total. The van der Waals surface area contributed by atoms with Crippen molar-refractivity contribution >= 4 is 33.2 Å². The van der Waals surface area contributed by atoms with Crippen LogP contribution in [0.25, 0.3) is 0 Å². The average molecular weight is 300 g/mol. The predicted octanol–water partition coefficient (Wildman–Crippen LogP) is 3.87. The average Bonchev–Trinajstić information content (AvgIpc) is 2.24. The van der Waals surface area contributed by atoms with Crippen LogP contribution in [0.5, 0.6) is 11.6 Å². The van der Waals surface area contributed by atoms with Gasteiger partial charge in [-0.2, -0.15) is 0 Å². The van der Waals surface area contributed by atoms with E-state index in [9.17, 15) is 0 Å². The molecule has 1 heterocycles. The van der Waals surface area contributed by atoms with Gasteiger partial charge in [0, 0.05) is 22.4 Å². The van der Waals surface area contributed by atoms with E-state index in [0.29, 0.717) is 22.3 Å². The lowest BCUT2D eigenvalue weighted by Gasteiger charge is -2.07. The first-order valence-electron chi connectivity index (χ1n) is 4.49. The topological polar surface area (TPSA) is 48.1 Å². The molecule has 0 aliphatic carbocycles. The van der Waals surface area contributed by atoms with Crippen molar-refractivity contribution in [3.8, 4) is 11.6 Å². The van der Waals surface area contributed by atoms with Gasteiger partial charge in [0.15, 0.2) is 0 Å². The predicted molar refractivity (Wildman–Crippen MR) is 67.9 cm³/mol. The molecule has 2 N–H and O–H groups in total. The second-order valence-corrected chi connectivity index (χ2v) is 4.43. The molecule has 0 atom stereocenters. The van der Waals surface area contributed by atoms with Gasteiger partial charge in [-0.15, -0.1) is 0 Å². The summed E-state index contributed by atoms with van der Waals surface area (Å²) in [5, 5.41) is 0.521. The molecule has 1 aromatic carbocycles. The highest BCUT2D eigenvalue weighted by molar-refractivity contribution is 9.10. The fraction of sp³-hybridized carbons (Fsp3) is 0. The number of hydrogen-bond acceptors (Lipinski definition) is 3. The molecule has 82 valence electrons. The molecule has 2 rings (SSSR count). The normalized spacial score (nSPS) is 10.1. The van der Waals surface area contributed by atoms with Crippen molar-refractivity contribution in [1.82, 2.24) is 4.98 Å². The maximum Gasteiger partial charge on any atom is 0.221 e. The second kappa shape index (κ2) is 4.72. The van der Waals surface area contributed by atoms with E-state index in [1.54, 1.807) is 30.5 Å². The summed E-state index contributed by atoms with van der Waals surface area (Å²) in [6.07, 6.45) is 1.58. The Labute approximate surface area is 106 Å². The lowest BCUT2D eigenvalue weighted by Crippen LogP contribution is -1.91. The molecule has 16 heavy (non-hydrogen) atoms. The summed E-state index contributed by atoms with van der Waals surface area (Å²) in [6, 6.07) is 8.68. The van der Waals surface area contributed by atoms with Crippen molar-refractivity contribution in [2.45, 2.75) is 0 Å². The molecule has 0 unspecified atom stereocenters. The molecule has 5 heteroatoms. The first kappa shape index (κ1) is 11.2. The third-order valence-corrected chi connectivity index (χ3v) is 2.67. The van der Waals surface area contributed by atoms with Crippen molar-refractivity contribution in [2.75, 3.05) is 5.73 Å². The van der Waals surface area contributed by atoms with E-state index in [1.165, 1.54) is 0 Å². The van der Waals surface area contributed by atoms with Crippen molar-refractivity contribution in [3.05, 3.63) is 46.0 Å². The number of halogens is 2. The number of anilines is 1. The Hall–Kier alpha value is -1.26. The SMILES string of the molecule is Nc1ccnc(Oc2cc(Br)ccc2Cl)c1. The number of aromatic nitrogens is 1. The Morgan fingerprint density at radius 1 is 1.25 bits per heavy atom. The van der Waals surface area contributed by atoms with Gasteiger partial charge >= 0.3 is 0 Å². The molecule has 2 aromatic rings. The Bertz CT molecular complexity index is 519. The molecule has 0 saturated carbocycles. The van der Waals surface area contributed by atoms with E-state index in [1.807, 2.05) is 6.07 Å². The maximum atomic E-state index is 5.98. The summed E-state index contributed by atoms with van der Waals surface area (Å²) in [4.78, 5) is 4.03. The lowest BCUT2D eigenvalue weighted by atomic mass is 10.3. The van der Waals surface area contributed by atoms with Crippen LogP contribution in [0.3, 0.4) is 0 Å². The van der Waals surface area contributed by atoms with E-state index in [-0.39, 0.29) is 0 Å². The van der Waals surface area contributed by atoms with Crippen molar-refractivity contribution < 1.29 is 4.74 Å². The molecule has 0 fully saturated rings. The number of rotatable bonds is 2. The molecule has 0 amide bonds. The Morgan fingerprint density at radius 3 is 2.81 bits per heavy atom. The molecule has 0 radical (unpaired) electrons. The highest BCUT2D eigenvalue weighted by Gasteiger charge is 2.04. The summed E-state index contributed by atoms with van der Waals surface area (Å²) in [5.74, 6) is 0.953. The van der Waals surface area contributed by atoms with Gasteiger partial charge in [0.05, 0.1) is 5.02 Å². The van der Waals surface area contributed by atoms with Gasteiger partial charge in [-0.3, -0.25) is 0 Å². The molecule has 1 aromatic heterocycles. The smallest absolute Gasteiger partial charge is 0.221 e. The van der Waals surface area contributed by atoms with E-state index >= 15 is 0 Å². The molecule has 0 spiro atoms. The Morgan fingerprint density at radius 2 is 2.06 bits per heavy atom. The van der Waals surface area contributed by atoms with Crippen LogP contribution in [0.15, 0.2) is 41.0 Å². The zero-order valence-electron chi connectivity index (χ0n) is 8.15. The molecule has 0 aliphatic rings. The van der Waals surface area contributed by atoms with E-state index < -0.39 is 0 Å². The van der Waals surface area contributed by atoms with Crippen molar-refractivity contribution in [3.63, 3.8) is 0 Å². The monoisotopic (exact) mass is 298 g/mol. The Balaban J connectivity index is 2.30. The molecular weight excluding hydrogens is 291 g/mol. The summed E-state index contributed by atoms with van der Waals surface area (Å²) >= 11 is 9.32. The van der Waals surface area contributed by atoms with Crippen LogP contribution in [0.4, 0.5) is 5.69 Å². The third-order valence-electron chi connectivity index (χ3n) is 1.87. The first-order valence-corrected chi connectivity index (χ1v) is 5.67. The van der Waals surface area contributed by atoms with Crippen LogP contribution in [0.1, 0.15) is 0 Å². The second-order valence-electron chi connectivity index (χ2n) is 3.10. The molecule has 0 aliphatic heterocycles. The molecule has 0 bridgehead atoms. The van der Waals surface area contributed by atoms with Gasteiger partial charge < -0.3 is 10.5 Å². The quantitative estimate of drug-likeness (QED) is 0.915. The number of pyridine rings is 1. The van der Waals surface area contributed by atoms with E-state index in [2.05, 4.69) is 20.9 Å².